The Kier molecular flexibility index (Phi) is 4.05. The fraction of sp³-hybridized carbons (Fsp3) is 0.438. The van der Waals surface area contributed by atoms with Gasteiger partial charge in [-0.3, -0.25) is 0 Å². The Morgan fingerprint density at radius 2 is 1.95 bits per heavy atom. The molecule has 2 rings (SSSR count). The van der Waals surface area contributed by atoms with E-state index in [9.17, 15) is 0 Å². The Bertz CT molecular complexity index is 553. The monoisotopic (exact) mass is 258 g/mol. The molecule has 1 aromatic carbocycles. The highest BCUT2D eigenvalue weighted by Gasteiger charge is 2.12. The Hall–Kier alpha value is -1.61. The zero-order valence-electron chi connectivity index (χ0n) is 12.4. The van der Waals surface area contributed by atoms with E-state index >= 15 is 0 Å². The molecule has 1 N–H and O–H groups in total. The minimum atomic E-state index is 0.314. The molecule has 0 aliphatic heterocycles. The van der Waals surface area contributed by atoms with Crippen molar-refractivity contribution in [2.24, 2.45) is 0 Å². The number of hydrogen-bond acceptors (Lipinski definition) is 3. The van der Waals surface area contributed by atoms with E-state index < -0.39 is 0 Å². The van der Waals surface area contributed by atoms with E-state index in [2.05, 4.69) is 49.4 Å². The molecular weight excluding hydrogens is 236 g/mol. The third-order valence-corrected chi connectivity index (χ3v) is 3.66. The van der Waals surface area contributed by atoms with Crippen molar-refractivity contribution < 1.29 is 4.52 Å². The second-order valence-corrected chi connectivity index (χ2v) is 5.27. The van der Waals surface area contributed by atoms with E-state index in [4.69, 9.17) is 4.52 Å². The summed E-state index contributed by atoms with van der Waals surface area (Å²) >= 11 is 0. The van der Waals surface area contributed by atoms with Crippen LogP contribution in [0.15, 0.2) is 22.7 Å². The maximum absolute atomic E-state index is 5.18. The highest BCUT2D eigenvalue weighted by Crippen LogP contribution is 2.20. The van der Waals surface area contributed by atoms with Crippen LogP contribution in [-0.4, -0.2) is 5.16 Å². The summed E-state index contributed by atoms with van der Waals surface area (Å²) in [5, 5.41) is 7.52. The second-order valence-electron chi connectivity index (χ2n) is 5.27. The molecule has 102 valence electrons. The van der Waals surface area contributed by atoms with Crippen molar-refractivity contribution in [3.8, 4) is 0 Å². The van der Waals surface area contributed by atoms with Crippen LogP contribution in [0, 0.1) is 27.7 Å². The van der Waals surface area contributed by atoms with Crippen LogP contribution in [-0.2, 0) is 6.54 Å². The maximum Gasteiger partial charge on any atom is 0.138 e. The number of hydrogen-bond donors (Lipinski definition) is 1. The van der Waals surface area contributed by atoms with Crippen LogP contribution in [0.3, 0.4) is 0 Å². The van der Waals surface area contributed by atoms with Crippen LogP contribution >= 0.6 is 0 Å². The Morgan fingerprint density at radius 3 is 2.53 bits per heavy atom. The Morgan fingerprint density at radius 1 is 1.21 bits per heavy atom. The van der Waals surface area contributed by atoms with Gasteiger partial charge in [-0.05, 0) is 45.7 Å². The lowest BCUT2D eigenvalue weighted by Gasteiger charge is -2.17. The van der Waals surface area contributed by atoms with Crippen molar-refractivity contribution in [1.82, 2.24) is 10.5 Å². The topological polar surface area (TPSA) is 38.1 Å². The predicted molar refractivity (Wildman–Crippen MR) is 77.1 cm³/mol. The van der Waals surface area contributed by atoms with Crippen LogP contribution in [0.4, 0.5) is 0 Å². The average molecular weight is 258 g/mol. The van der Waals surface area contributed by atoms with Crippen molar-refractivity contribution in [3.63, 3.8) is 0 Å². The number of benzene rings is 1. The molecule has 0 spiro atoms. The van der Waals surface area contributed by atoms with Gasteiger partial charge in [-0.2, -0.15) is 0 Å². The lowest BCUT2D eigenvalue weighted by molar-refractivity contribution is 0.391. The first-order valence-electron chi connectivity index (χ1n) is 6.71. The van der Waals surface area contributed by atoms with Crippen molar-refractivity contribution in [3.05, 3.63) is 51.9 Å². The standard InChI is InChI=1S/C16H22N2O/c1-10-6-7-15(11(2)8-10)12(3)17-9-16-13(4)18-19-14(16)5/h6-8,12,17H,9H2,1-5H3. The fourth-order valence-electron chi connectivity index (χ4n) is 2.43. The summed E-state index contributed by atoms with van der Waals surface area (Å²) < 4.78 is 5.18. The van der Waals surface area contributed by atoms with E-state index in [1.165, 1.54) is 16.7 Å². The lowest BCUT2D eigenvalue weighted by Crippen LogP contribution is -2.19. The molecule has 1 unspecified atom stereocenters. The van der Waals surface area contributed by atoms with Gasteiger partial charge in [-0.25, -0.2) is 0 Å². The van der Waals surface area contributed by atoms with Gasteiger partial charge in [0.1, 0.15) is 5.76 Å². The summed E-state index contributed by atoms with van der Waals surface area (Å²) in [7, 11) is 0. The third kappa shape index (κ3) is 3.04. The average Bonchev–Trinajstić information content (AvgIpc) is 2.66. The SMILES string of the molecule is Cc1ccc(C(C)NCc2c(C)noc2C)c(C)c1. The van der Waals surface area contributed by atoms with Gasteiger partial charge in [0.05, 0.1) is 5.69 Å². The van der Waals surface area contributed by atoms with E-state index in [1.807, 2.05) is 13.8 Å². The molecule has 1 atom stereocenters. The first kappa shape index (κ1) is 13.8. The number of nitrogens with one attached hydrogen (secondary N) is 1. The van der Waals surface area contributed by atoms with Gasteiger partial charge in [0.15, 0.2) is 0 Å². The van der Waals surface area contributed by atoms with Gasteiger partial charge in [0.2, 0.25) is 0 Å². The number of aryl methyl sites for hydroxylation is 4. The zero-order valence-corrected chi connectivity index (χ0v) is 12.4. The van der Waals surface area contributed by atoms with Gasteiger partial charge in [0.25, 0.3) is 0 Å². The van der Waals surface area contributed by atoms with Crippen LogP contribution in [0.5, 0.6) is 0 Å². The largest absolute Gasteiger partial charge is 0.361 e. The molecule has 3 heteroatoms. The highest BCUT2D eigenvalue weighted by atomic mass is 16.5. The van der Waals surface area contributed by atoms with Gasteiger partial charge >= 0.3 is 0 Å². The summed E-state index contributed by atoms with van der Waals surface area (Å²) in [5.74, 6) is 0.901. The van der Waals surface area contributed by atoms with Crippen LogP contribution in [0.25, 0.3) is 0 Å². The summed E-state index contributed by atoms with van der Waals surface area (Å²) in [6.07, 6.45) is 0. The van der Waals surface area contributed by atoms with Crippen LogP contribution in [0.2, 0.25) is 0 Å². The molecule has 0 amide bonds. The van der Waals surface area contributed by atoms with Crippen molar-refractivity contribution in [2.75, 3.05) is 0 Å². The summed E-state index contributed by atoms with van der Waals surface area (Å²) in [4.78, 5) is 0. The Labute approximate surface area is 115 Å². The van der Waals surface area contributed by atoms with Gasteiger partial charge in [0, 0.05) is 18.2 Å². The molecule has 19 heavy (non-hydrogen) atoms. The van der Waals surface area contributed by atoms with Crippen molar-refractivity contribution in [1.29, 1.82) is 0 Å². The fourth-order valence-corrected chi connectivity index (χ4v) is 2.43. The van der Waals surface area contributed by atoms with Gasteiger partial charge in [-0.1, -0.05) is 28.9 Å². The van der Waals surface area contributed by atoms with Crippen molar-refractivity contribution in [2.45, 2.75) is 47.2 Å². The first-order chi connectivity index (χ1) is 8.99. The Balaban J connectivity index is 2.07. The molecule has 0 aliphatic carbocycles. The molecule has 0 saturated heterocycles. The quantitative estimate of drug-likeness (QED) is 0.907. The predicted octanol–water partition coefficient (Wildman–Crippen LogP) is 3.76. The first-order valence-corrected chi connectivity index (χ1v) is 6.71. The second kappa shape index (κ2) is 5.57. The number of rotatable bonds is 4. The zero-order chi connectivity index (χ0) is 14.0. The van der Waals surface area contributed by atoms with Crippen LogP contribution in [0.1, 0.15) is 46.7 Å². The molecule has 0 bridgehead atoms. The minimum absolute atomic E-state index is 0.314. The summed E-state index contributed by atoms with van der Waals surface area (Å²) in [6.45, 7) is 11.2. The van der Waals surface area contributed by atoms with Gasteiger partial charge in [-0.15, -0.1) is 0 Å². The third-order valence-electron chi connectivity index (χ3n) is 3.66. The van der Waals surface area contributed by atoms with E-state index in [-0.39, 0.29) is 0 Å². The molecule has 0 radical (unpaired) electrons. The maximum atomic E-state index is 5.18. The molecule has 2 aromatic rings. The number of aromatic nitrogens is 1. The molecule has 0 aliphatic rings. The molecule has 0 fully saturated rings. The van der Waals surface area contributed by atoms with Crippen molar-refractivity contribution >= 4 is 0 Å². The normalized spacial score (nSPS) is 12.7. The molecule has 1 aromatic heterocycles. The summed E-state index contributed by atoms with van der Waals surface area (Å²) in [6, 6.07) is 6.91. The molecule has 3 nitrogen and oxygen atoms in total. The number of nitrogens with zero attached hydrogens (tertiary/aromatic N) is 1. The van der Waals surface area contributed by atoms with E-state index in [1.54, 1.807) is 0 Å². The molecule has 1 heterocycles. The van der Waals surface area contributed by atoms with Gasteiger partial charge < -0.3 is 9.84 Å². The van der Waals surface area contributed by atoms with Crippen LogP contribution < -0.4 is 5.32 Å². The lowest BCUT2D eigenvalue weighted by atomic mass is 10.00. The smallest absolute Gasteiger partial charge is 0.138 e. The molecule has 0 saturated carbocycles. The minimum Gasteiger partial charge on any atom is -0.361 e. The highest BCUT2D eigenvalue weighted by molar-refractivity contribution is 5.32. The molecular formula is C16H22N2O. The van der Waals surface area contributed by atoms with E-state index in [0.717, 1.165) is 23.6 Å². The summed E-state index contributed by atoms with van der Waals surface area (Å²) in [5.41, 5.74) is 6.12. The van der Waals surface area contributed by atoms with E-state index in [0.29, 0.717) is 6.04 Å².